The molecule has 0 spiro atoms. The molecule has 0 saturated heterocycles. The summed E-state index contributed by atoms with van der Waals surface area (Å²) in [5, 5.41) is 2.97. The van der Waals surface area contributed by atoms with Crippen LogP contribution in [0.15, 0.2) is 0 Å². The molecule has 110 valence electrons. The van der Waals surface area contributed by atoms with Crippen molar-refractivity contribution in [3.05, 3.63) is 0 Å². The number of amides is 1. The smallest absolute Gasteiger partial charge is 0.407 e. The van der Waals surface area contributed by atoms with Gasteiger partial charge < -0.3 is 15.8 Å². The number of hydrogen-bond acceptors (Lipinski definition) is 3. The van der Waals surface area contributed by atoms with Gasteiger partial charge in [-0.3, -0.25) is 0 Å². The van der Waals surface area contributed by atoms with Crippen LogP contribution >= 0.6 is 0 Å². The molecule has 3 atom stereocenters. The highest BCUT2D eigenvalue weighted by Gasteiger charge is 2.36. The number of alkyl carbamates (subject to hydrolysis) is 1. The molecule has 0 aromatic rings. The quantitative estimate of drug-likeness (QED) is 0.809. The lowest BCUT2D eigenvalue weighted by atomic mass is 9.68. The third kappa shape index (κ3) is 4.10. The second-order valence-electron chi connectivity index (χ2n) is 7.18. The standard InChI is InChI=1S/C15H28N2O2/c1-15(2,3)19-14(18)17-13-9-11(7-8-12(13)16)10-5-4-6-10/h10-13H,4-9,16H2,1-3H3,(H,17,18)/t11?,12-,13+/m1/s1. The summed E-state index contributed by atoms with van der Waals surface area (Å²) in [4.78, 5) is 11.8. The SMILES string of the molecule is CC(C)(C)OC(=O)N[C@H]1CC(C2CCC2)CC[C@H]1N. The molecule has 2 saturated carbocycles. The van der Waals surface area contributed by atoms with Crippen molar-refractivity contribution in [2.24, 2.45) is 17.6 Å². The van der Waals surface area contributed by atoms with Gasteiger partial charge in [0.25, 0.3) is 0 Å². The number of nitrogens with two attached hydrogens (primary N) is 1. The van der Waals surface area contributed by atoms with Crippen molar-refractivity contribution in [1.29, 1.82) is 0 Å². The molecule has 1 amide bonds. The maximum absolute atomic E-state index is 11.8. The Bertz CT molecular complexity index is 321. The van der Waals surface area contributed by atoms with E-state index in [-0.39, 0.29) is 18.2 Å². The molecule has 4 nitrogen and oxygen atoms in total. The molecule has 3 N–H and O–H groups in total. The number of carbonyl (C=O) groups excluding carboxylic acids is 1. The second-order valence-corrected chi connectivity index (χ2v) is 7.18. The average Bonchev–Trinajstić information content (AvgIpc) is 2.17. The van der Waals surface area contributed by atoms with Gasteiger partial charge in [0, 0.05) is 12.1 Å². The monoisotopic (exact) mass is 268 g/mol. The highest BCUT2D eigenvalue weighted by Crippen LogP contribution is 2.40. The Balaban J connectivity index is 1.84. The van der Waals surface area contributed by atoms with Crippen LogP contribution in [0.3, 0.4) is 0 Å². The first kappa shape index (κ1) is 14.6. The second kappa shape index (κ2) is 5.70. The Hall–Kier alpha value is -0.770. The number of ether oxygens (including phenoxy) is 1. The molecule has 0 radical (unpaired) electrons. The maximum atomic E-state index is 11.8. The zero-order valence-electron chi connectivity index (χ0n) is 12.4. The van der Waals surface area contributed by atoms with Gasteiger partial charge in [0.2, 0.25) is 0 Å². The Morgan fingerprint density at radius 1 is 1.16 bits per heavy atom. The van der Waals surface area contributed by atoms with Crippen molar-refractivity contribution >= 4 is 6.09 Å². The van der Waals surface area contributed by atoms with E-state index in [9.17, 15) is 4.79 Å². The zero-order valence-corrected chi connectivity index (χ0v) is 12.4. The third-order valence-electron chi connectivity index (χ3n) is 4.46. The molecule has 19 heavy (non-hydrogen) atoms. The number of rotatable bonds is 2. The number of hydrogen-bond donors (Lipinski definition) is 2. The Labute approximate surface area is 116 Å². The van der Waals surface area contributed by atoms with E-state index >= 15 is 0 Å². The first-order valence-corrected chi connectivity index (χ1v) is 7.60. The van der Waals surface area contributed by atoms with Gasteiger partial charge in [0.1, 0.15) is 5.60 Å². The molecular formula is C15H28N2O2. The number of nitrogens with one attached hydrogen (secondary N) is 1. The molecule has 1 unspecified atom stereocenters. The minimum atomic E-state index is -0.448. The van der Waals surface area contributed by atoms with Crippen molar-refractivity contribution < 1.29 is 9.53 Å². The molecule has 2 rings (SSSR count). The molecular weight excluding hydrogens is 240 g/mol. The van der Waals surface area contributed by atoms with Crippen LogP contribution in [-0.2, 0) is 4.74 Å². The summed E-state index contributed by atoms with van der Waals surface area (Å²) < 4.78 is 5.32. The van der Waals surface area contributed by atoms with Crippen molar-refractivity contribution in [3.8, 4) is 0 Å². The molecule has 2 fully saturated rings. The Kier molecular flexibility index (Phi) is 4.39. The molecule has 0 aromatic carbocycles. The Morgan fingerprint density at radius 2 is 1.84 bits per heavy atom. The van der Waals surface area contributed by atoms with Gasteiger partial charge >= 0.3 is 6.09 Å². The minimum absolute atomic E-state index is 0.0730. The van der Waals surface area contributed by atoms with E-state index in [1.54, 1.807) is 0 Å². The van der Waals surface area contributed by atoms with Gasteiger partial charge in [-0.2, -0.15) is 0 Å². The van der Waals surface area contributed by atoms with E-state index in [0.717, 1.165) is 24.7 Å². The topological polar surface area (TPSA) is 64.3 Å². The fourth-order valence-electron chi connectivity index (χ4n) is 3.19. The van der Waals surface area contributed by atoms with Gasteiger partial charge in [0.15, 0.2) is 0 Å². The van der Waals surface area contributed by atoms with Gasteiger partial charge in [-0.1, -0.05) is 19.3 Å². The van der Waals surface area contributed by atoms with Gasteiger partial charge in [-0.25, -0.2) is 4.79 Å². The van der Waals surface area contributed by atoms with Gasteiger partial charge in [-0.05, 0) is 51.9 Å². The van der Waals surface area contributed by atoms with E-state index in [0.29, 0.717) is 0 Å². The summed E-state index contributed by atoms with van der Waals surface area (Å²) in [5.74, 6) is 1.61. The molecule has 4 heteroatoms. The van der Waals surface area contributed by atoms with Gasteiger partial charge in [-0.15, -0.1) is 0 Å². The Morgan fingerprint density at radius 3 is 2.37 bits per heavy atom. The van der Waals surface area contributed by atoms with Crippen LogP contribution in [0.1, 0.15) is 59.3 Å². The lowest BCUT2D eigenvalue weighted by Crippen LogP contribution is -2.53. The average molecular weight is 268 g/mol. The lowest BCUT2D eigenvalue weighted by Gasteiger charge is -2.41. The summed E-state index contributed by atoms with van der Waals surface area (Å²) in [6.07, 6.45) is 7.02. The molecule has 0 heterocycles. The van der Waals surface area contributed by atoms with Crippen LogP contribution in [0.25, 0.3) is 0 Å². The van der Waals surface area contributed by atoms with Crippen molar-refractivity contribution in [2.75, 3.05) is 0 Å². The fraction of sp³-hybridized carbons (Fsp3) is 0.933. The van der Waals surface area contributed by atoms with E-state index < -0.39 is 5.60 Å². The molecule has 0 aliphatic heterocycles. The van der Waals surface area contributed by atoms with Crippen molar-refractivity contribution in [3.63, 3.8) is 0 Å². The molecule has 0 aromatic heterocycles. The van der Waals surface area contributed by atoms with E-state index in [2.05, 4.69) is 5.32 Å². The van der Waals surface area contributed by atoms with Crippen LogP contribution in [0.2, 0.25) is 0 Å². The summed E-state index contributed by atoms with van der Waals surface area (Å²) >= 11 is 0. The summed E-state index contributed by atoms with van der Waals surface area (Å²) in [5.41, 5.74) is 5.69. The van der Waals surface area contributed by atoms with Crippen LogP contribution in [0.5, 0.6) is 0 Å². The lowest BCUT2D eigenvalue weighted by molar-refractivity contribution is 0.0451. The predicted molar refractivity (Wildman–Crippen MR) is 75.8 cm³/mol. The fourth-order valence-corrected chi connectivity index (χ4v) is 3.19. The highest BCUT2D eigenvalue weighted by atomic mass is 16.6. The normalized spacial score (nSPS) is 32.5. The van der Waals surface area contributed by atoms with E-state index in [4.69, 9.17) is 10.5 Å². The largest absolute Gasteiger partial charge is 0.444 e. The molecule has 0 bridgehead atoms. The molecule has 2 aliphatic rings. The van der Waals surface area contributed by atoms with Crippen LogP contribution in [0.4, 0.5) is 4.79 Å². The number of carbonyl (C=O) groups is 1. The summed E-state index contributed by atoms with van der Waals surface area (Å²) in [6, 6.07) is 0.151. The van der Waals surface area contributed by atoms with E-state index in [1.807, 2.05) is 20.8 Å². The van der Waals surface area contributed by atoms with Crippen LogP contribution < -0.4 is 11.1 Å². The summed E-state index contributed by atoms with van der Waals surface area (Å²) in [7, 11) is 0. The van der Waals surface area contributed by atoms with Crippen LogP contribution in [-0.4, -0.2) is 23.8 Å². The minimum Gasteiger partial charge on any atom is -0.444 e. The van der Waals surface area contributed by atoms with E-state index in [1.165, 1.54) is 25.7 Å². The third-order valence-corrected chi connectivity index (χ3v) is 4.46. The maximum Gasteiger partial charge on any atom is 0.407 e. The highest BCUT2D eigenvalue weighted by molar-refractivity contribution is 5.68. The first-order valence-electron chi connectivity index (χ1n) is 7.60. The predicted octanol–water partition coefficient (Wildman–Crippen LogP) is 2.81. The van der Waals surface area contributed by atoms with Crippen molar-refractivity contribution in [1.82, 2.24) is 5.32 Å². The summed E-state index contributed by atoms with van der Waals surface area (Å²) in [6.45, 7) is 5.64. The van der Waals surface area contributed by atoms with Crippen LogP contribution in [0, 0.1) is 11.8 Å². The van der Waals surface area contributed by atoms with Gasteiger partial charge in [0.05, 0.1) is 0 Å². The zero-order chi connectivity index (χ0) is 14.0. The molecule has 2 aliphatic carbocycles. The van der Waals surface area contributed by atoms with Crippen molar-refractivity contribution in [2.45, 2.75) is 77.0 Å². The first-order chi connectivity index (χ1) is 8.85.